The number of carboxylic acid groups (broad SMARTS) is 1. The largest absolute Gasteiger partial charge is 0.465 e. The molecule has 5 N–H and O–H groups in total. The number of nitrogens with zero attached hydrogens (tertiary/aromatic N) is 3. The third-order valence-corrected chi connectivity index (χ3v) is 2.35. The maximum absolute atomic E-state index is 11.5. The van der Waals surface area contributed by atoms with Crippen LogP contribution in [-0.2, 0) is 4.79 Å². The van der Waals surface area contributed by atoms with Crippen molar-refractivity contribution in [2.75, 3.05) is 19.6 Å². The van der Waals surface area contributed by atoms with Crippen molar-refractivity contribution in [3.05, 3.63) is 10.4 Å². The normalized spacial score (nSPS) is 11.2. The van der Waals surface area contributed by atoms with Gasteiger partial charge in [-0.05, 0) is 31.2 Å². The molecule has 0 fully saturated rings. The van der Waals surface area contributed by atoms with Gasteiger partial charge in [0.05, 0.1) is 6.04 Å². The van der Waals surface area contributed by atoms with Gasteiger partial charge in [-0.1, -0.05) is 5.11 Å². The average molecular weight is 272 g/mol. The number of nitrogens with two attached hydrogens (primary N) is 1. The molecule has 1 atom stereocenters. The van der Waals surface area contributed by atoms with E-state index in [1.165, 1.54) is 0 Å². The first-order valence-corrected chi connectivity index (χ1v) is 6.09. The van der Waals surface area contributed by atoms with Crippen LogP contribution in [0.1, 0.15) is 25.7 Å². The topological polar surface area (TPSA) is 153 Å². The van der Waals surface area contributed by atoms with E-state index in [9.17, 15) is 9.59 Å². The molecule has 0 saturated carbocycles. The summed E-state index contributed by atoms with van der Waals surface area (Å²) in [6.45, 7) is 1.12. The first-order chi connectivity index (χ1) is 9.07. The van der Waals surface area contributed by atoms with E-state index in [1.54, 1.807) is 0 Å². The Labute approximate surface area is 111 Å². The lowest BCUT2D eigenvalue weighted by atomic mass is 10.1. The van der Waals surface area contributed by atoms with E-state index >= 15 is 0 Å². The zero-order chi connectivity index (χ0) is 14.5. The minimum Gasteiger partial charge on any atom is -0.465 e. The number of amides is 2. The molecule has 0 spiro atoms. The average Bonchev–Trinajstić information content (AvgIpc) is 2.37. The van der Waals surface area contributed by atoms with E-state index in [-0.39, 0.29) is 5.91 Å². The van der Waals surface area contributed by atoms with E-state index in [1.807, 2.05) is 0 Å². The Morgan fingerprint density at radius 3 is 2.58 bits per heavy atom. The molecule has 2 amide bonds. The highest BCUT2D eigenvalue weighted by molar-refractivity contribution is 5.81. The van der Waals surface area contributed by atoms with E-state index < -0.39 is 12.1 Å². The van der Waals surface area contributed by atoms with E-state index in [2.05, 4.69) is 20.7 Å². The Balaban J connectivity index is 3.53. The van der Waals surface area contributed by atoms with Crippen LogP contribution in [0.15, 0.2) is 5.11 Å². The molecule has 0 aromatic heterocycles. The fraction of sp³-hybridized carbons (Fsp3) is 0.800. The van der Waals surface area contributed by atoms with Crippen LogP contribution >= 0.6 is 0 Å². The Morgan fingerprint density at radius 1 is 1.26 bits per heavy atom. The number of carbonyl (C=O) groups excluding carboxylic acids is 1. The first kappa shape index (κ1) is 17.0. The van der Waals surface area contributed by atoms with Crippen molar-refractivity contribution in [2.24, 2.45) is 10.8 Å². The van der Waals surface area contributed by atoms with Crippen LogP contribution in [0.4, 0.5) is 4.79 Å². The molecule has 9 nitrogen and oxygen atoms in total. The molecule has 0 radical (unpaired) electrons. The zero-order valence-corrected chi connectivity index (χ0v) is 10.7. The van der Waals surface area contributed by atoms with Crippen molar-refractivity contribution in [1.82, 2.24) is 10.6 Å². The van der Waals surface area contributed by atoms with Crippen molar-refractivity contribution in [3.63, 3.8) is 0 Å². The maximum atomic E-state index is 11.5. The van der Waals surface area contributed by atoms with E-state index in [0.29, 0.717) is 45.3 Å². The minimum atomic E-state index is -1.05. The highest BCUT2D eigenvalue weighted by Gasteiger charge is 2.11. The maximum Gasteiger partial charge on any atom is 0.404 e. The van der Waals surface area contributed by atoms with Crippen molar-refractivity contribution in [1.29, 1.82) is 0 Å². The summed E-state index contributed by atoms with van der Waals surface area (Å²) in [5, 5.41) is 16.6. The molecule has 0 rings (SSSR count). The molecule has 0 aliphatic carbocycles. The van der Waals surface area contributed by atoms with Crippen molar-refractivity contribution >= 4 is 12.0 Å². The van der Waals surface area contributed by atoms with Gasteiger partial charge in [-0.2, -0.15) is 0 Å². The lowest BCUT2D eigenvalue weighted by Gasteiger charge is -2.11. The minimum absolute atomic E-state index is 0.243. The Morgan fingerprint density at radius 2 is 1.95 bits per heavy atom. The Hall–Kier alpha value is -1.99. The van der Waals surface area contributed by atoms with Gasteiger partial charge in [-0.15, -0.1) is 0 Å². The summed E-state index contributed by atoms with van der Waals surface area (Å²) in [5.41, 5.74) is 13.7. The van der Waals surface area contributed by atoms with Gasteiger partial charge in [0.1, 0.15) is 0 Å². The molecule has 0 heterocycles. The lowest BCUT2D eigenvalue weighted by molar-refractivity contribution is -0.122. The number of azide groups is 1. The molecule has 9 heteroatoms. The molecule has 0 saturated heterocycles. The van der Waals surface area contributed by atoms with Crippen LogP contribution in [0.3, 0.4) is 0 Å². The number of rotatable bonds is 10. The van der Waals surface area contributed by atoms with Gasteiger partial charge in [0.15, 0.2) is 0 Å². The van der Waals surface area contributed by atoms with Crippen LogP contribution in [-0.4, -0.2) is 42.8 Å². The molecule has 0 aliphatic rings. The smallest absolute Gasteiger partial charge is 0.404 e. The molecular formula is C10H20N6O3. The van der Waals surface area contributed by atoms with Crippen molar-refractivity contribution < 1.29 is 14.7 Å². The van der Waals surface area contributed by atoms with Gasteiger partial charge in [-0.25, -0.2) is 4.79 Å². The summed E-state index contributed by atoms with van der Waals surface area (Å²) in [6.07, 6.45) is 1.34. The fourth-order valence-electron chi connectivity index (χ4n) is 1.35. The summed E-state index contributed by atoms with van der Waals surface area (Å²) in [7, 11) is 0. The van der Waals surface area contributed by atoms with Crippen molar-refractivity contribution in [3.8, 4) is 0 Å². The van der Waals surface area contributed by atoms with Crippen LogP contribution < -0.4 is 16.4 Å². The van der Waals surface area contributed by atoms with Gasteiger partial charge in [-0.3, -0.25) is 4.79 Å². The van der Waals surface area contributed by atoms with Crippen LogP contribution in [0, 0.1) is 0 Å². The number of nitrogens with one attached hydrogen (secondary N) is 2. The van der Waals surface area contributed by atoms with Gasteiger partial charge >= 0.3 is 6.09 Å². The summed E-state index contributed by atoms with van der Waals surface area (Å²) in [6, 6.07) is -0.593. The standard InChI is InChI=1S/C10H20N6O3/c11-8(4-1-2-5-14-10(18)19)9(17)13-6-3-7-15-16-12/h8,14H,1-7,11H2,(H,13,17)(H,18,19)/t8-/m1/s1. The van der Waals surface area contributed by atoms with Gasteiger partial charge in [0.25, 0.3) is 0 Å². The van der Waals surface area contributed by atoms with Gasteiger partial charge < -0.3 is 21.5 Å². The second-order valence-electron chi connectivity index (χ2n) is 3.93. The molecule has 0 unspecified atom stereocenters. The molecule has 0 aliphatic heterocycles. The summed E-state index contributed by atoms with van der Waals surface area (Å²) >= 11 is 0. The SMILES string of the molecule is [N-]=[N+]=NCCCNC(=O)[C@H](N)CCCCNC(=O)O. The Kier molecular flexibility index (Phi) is 9.96. The number of hydrogen-bond donors (Lipinski definition) is 4. The van der Waals surface area contributed by atoms with E-state index in [4.69, 9.17) is 16.4 Å². The highest BCUT2D eigenvalue weighted by atomic mass is 16.4. The summed E-state index contributed by atoms with van der Waals surface area (Å²) in [5.74, 6) is -0.243. The second kappa shape index (κ2) is 11.1. The van der Waals surface area contributed by atoms with Crippen LogP contribution in [0.5, 0.6) is 0 Å². The van der Waals surface area contributed by atoms with Crippen LogP contribution in [0.25, 0.3) is 10.4 Å². The molecular weight excluding hydrogens is 252 g/mol. The van der Waals surface area contributed by atoms with Crippen molar-refractivity contribution in [2.45, 2.75) is 31.7 Å². The van der Waals surface area contributed by atoms with Gasteiger partial charge in [0.2, 0.25) is 5.91 Å². The number of carbonyl (C=O) groups is 2. The molecule has 108 valence electrons. The summed E-state index contributed by atoms with van der Waals surface area (Å²) < 4.78 is 0. The first-order valence-electron chi connectivity index (χ1n) is 6.09. The Bertz CT molecular complexity index is 329. The fourth-order valence-corrected chi connectivity index (χ4v) is 1.35. The molecule has 19 heavy (non-hydrogen) atoms. The zero-order valence-electron chi connectivity index (χ0n) is 10.7. The monoisotopic (exact) mass is 272 g/mol. The van der Waals surface area contributed by atoms with Gasteiger partial charge in [0, 0.05) is 24.5 Å². The quantitative estimate of drug-likeness (QED) is 0.198. The third-order valence-electron chi connectivity index (χ3n) is 2.35. The summed E-state index contributed by atoms with van der Waals surface area (Å²) in [4.78, 5) is 24.3. The van der Waals surface area contributed by atoms with Crippen LogP contribution in [0.2, 0.25) is 0 Å². The lowest BCUT2D eigenvalue weighted by Crippen LogP contribution is -2.41. The molecule has 0 aromatic carbocycles. The molecule has 0 bridgehead atoms. The third kappa shape index (κ3) is 10.9. The number of hydrogen-bond acceptors (Lipinski definition) is 4. The number of unbranched alkanes of at least 4 members (excludes halogenated alkanes) is 1. The van der Waals surface area contributed by atoms with E-state index in [0.717, 1.165) is 0 Å². The highest BCUT2D eigenvalue weighted by Crippen LogP contribution is 1.98. The predicted octanol–water partition coefficient (Wildman–Crippen LogP) is 0.568. The molecule has 0 aromatic rings. The second-order valence-corrected chi connectivity index (χ2v) is 3.93. The predicted molar refractivity (Wildman–Crippen MR) is 69.5 cm³/mol.